The van der Waals surface area contributed by atoms with E-state index in [4.69, 9.17) is 0 Å². The third kappa shape index (κ3) is 3.68. The zero-order valence-corrected chi connectivity index (χ0v) is 11.3. The summed E-state index contributed by atoms with van der Waals surface area (Å²) >= 11 is 0. The molecular formula is C14H21ClFN. The largest absolute Gasteiger partial charge is 0.310 e. The fourth-order valence-corrected chi connectivity index (χ4v) is 2.23. The highest BCUT2D eigenvalue weighted by Crippen LogP contribution is 2.39. The van der Waals surface area contributed by atoms with Crippen LogP contribution >= 0.6 is 12.4 Å². The van der Waals surface area contributed by atoms with Crippen molar-refractivity contribution in [1.29, 1.82) is 0 Å². The van der Waals surface area contributed by atoms with E-state index in [-0.39, 0.29) is 18.2 Å². The monoisotopic (exact) mass is 257 g/mol. The summed E-state index contributed by atoms with van der Waals surface area (Å²) in [5.74, 6) is -0.165. The Balaban J connectivity index is 0.00000144. The summed E-state index contributed by atoms with van der Waals surface area (Å²) in [6, 6.07) is 7.07. The molecule has 2 rings (SSSR count). The second-order valence-corrected chi connectivity index (χ2v) is 5.32. The first-order valence-corrected chi connectivity index (χ1v) is 6.08. The maximum absolute atomic E-state index is 12.8. The van der Waals surface area contributed by atoms with Gasteiger partial charge in [0.05, 0.1) is 0 Å². The average Bonchev–Trinajstić information content (AvgIpc) is 2.24. The number of nitrogens with one attached hydrogen (secondary N) is 1. The molecule has 0 amide bonds. The van der Waals surface area contributed by atoms with Crippen molar-refractivity contribution < 1.29 is 4.39 Å². The van der Waals surface area contributed by atoms with Crippen LogP contribution in [0.4, 0.5) is 4.39 Å². The van der Waals surface area contributed by atoms with Crippen LogP contribution in [0.15, 0.2) is 24.3 Å². The van der Waals surface area contributed by atoms with Crippen LogP contribution in [-0.2, 0) is 0 Å². The predicted octanol–water partition coefficient (Wildman–Crippen LogP) is 4.09. The molecule has 1 nitrogen and oxygen atoms in total. The van der Waals surface area contributed by atoms with Crippen molar-refractivity contribution in [3.8, 4) is 0 Å². The van der Waals surface area contributed by atoms with Crippen LogP contribution in [0, 0.1) is 11.2 Å². The van der Waals surface area contributed by atoms with Crippen LogP contribution in [0.2, 0.25) is 0 Å². The first-order chi connectivity index (χ1) is 7.59. The Morgan fingerprint density at radius 2 is 1.88 bits per heavy atom. The molecule has 0 saturated heterocycles. The lowest BCUT2D eigenvalue weighted by atomic mass is 9.70. The van der Waals surface area contributed by atoms with Gasteiger partial charge < -0.3 is 5.32 Å². The predicted molar refractivity (Wildman–Crippen MR) is 72.0 cm³/mol. The molecule has 1 saturated carbocycles. The van der Waals surface area contributed by atoms with Gasteiger partial charge in [-0.1, -0.05) is 25.5 Å². The smallest absolute Gasteiger partial charge is 0.123 e. The highest BCUT2D eigenvalue weighted by molar-refractivity contribution is 5.85. The SMILES string of the molecule is CC(NCC1(C)CCC1)c1ccc(F)cc1.Cl. The normalized spacial score (nSPS) is 19.0. The number of rotatable bonds is 4. The Labute approximate surface area is 109 Å². The van der Waals surface area contributed by atoms with Crippen molar-refractivity contribution in [3.05, 3.63) is 35.6 Å². The third-order valence-electron chi connectivity index (χ3n) is 3.77. The van der Waals surface area contributed by atoms with E-state index >= 15 is 0 Å². The van der Waals surface area contributed by atoms with E-state index in [1.165, 1.54) is 31.4 Å². The molecule has 0 spiro atoms. The van der Waals surface area contributed by atoms with Gasteiger partial charge in [-0.15, -0.1) is 12.4 Å². The minimum Gasteiger partial charge on any atom is -0.310 e. The second-order valence-electron chi connectivity index (χ2n) is 5.32. The molecule has 96 valence electrons. The van der Waals surface area contributed by atoms with Gasteiger partial charge in [0, 0.05) is 12.6 Å². The molecule has 0 radical (unpaired) electrons. The summed E-state index contributed by atoms with van der Waals surface area (Å²) in [6.07, 6.45) is 4.02. The minimum atomic E-state index is -0.165. The molecule has 1 unspecified atom stereocenters. The topological polar surface area (TPSA) is 12.0 Å². The summed E-state index contributed by atoms with van der Waals surface area (Å²) in [5, 5.41) is 3.54. The van der Waals surface area contributed by atoms with E-state index in [1.54, 1.807) is 0 Å². The first-order valence-electron chi connectivity index (χ1n) is 6.08. The summed E-state index contributed by atoms with van der Waals surface area (Å²) in [6.45, 7) is 5.53. The van der Waals surface area contributed by atoms with Crippen molar-refractivity contribution >= 4 is 12.4 Å². The molecule has 1 aliphatic carbocycles. The van der Waals surface area contributed by atoms with Gasteiger partial charge in [-0.05, 0) is 42.9 Å². The fourth-order valence-electron chi connectivity index (χ4n) is 2.23. The summed E-state index contributed by atoms with van der Waals surface area (Å²) < 4.78 is 12.8. The summed E-state index contributed by atoms with van der Waals surface area (Å²) in [7, 11) is 0. The number of benzene rings is 1. The second kappa shape index (κ2) is 5.83. The molecule has 0 heterocycles. The zero-order chi connectivity index (χ0) is 11.6. The van der Waals surface area contributed by atoms with E-state index in [1.807, 2.05) is 12.1 Å². The lowest BCUT2D eigenvalue weighted by Crippen LogP contribution is -2.38. The van der Waals surface area contributed by atoms with Crippen molar-refractivity contribution in [2.75, 3.05) is 6.54 Å². The summed E-state index contributed by atoms with van der Waals surface area (Å²) in [4.78, 5) is 0. The highest BCUT2D eigenvalue weighted by atomic mass is 35.5. The lowest BCUT2D eigenvalue weighted by Gasteiger charge is -2.39. The molecule has 0 aliphatic heterocycles. The lowest BCUT2D eigenvalue weighted by molar-refractivity contribution is 0.152. The Morgan fingerprint density at radius 3 is 2.35 bits per heavy atom. The Hall–Kier alpha value is -0.600. The van der Waals surface area contributed by atoms with Gasteiger partial charge >= 0.3 is 0 Å². The third-order valence-corrected chi connectivity index (χ3v) is 3.77. The Bertz CT molecular complexity index is 346. The van der Waals surface area contributed by atoms with Crippen molar-refractivity contribution in [3.63, 3.8) is 0 Å². The molecule has 1 aromatic rings. The van der Waals surface area contributed by atoms with Gasteiger partial charge in [-0.2, -0.15) is 0 Å². The van der Waals surface area contributed by atoms with E-state index in [0.717, 1.165) is 12.1 Å². The van der Waals surface area contributed by atoms with Crippen LogP contribution in [0.5, 0.6) is 0 Å². The molecule has 1 atom stereocenters. The zero-order valence-electron chi connectivity index (χ0n) is 10.5. The van der Waals surface area contributed by atoms with Crippen LogP contribution in [0.3, 0.4) is 0 Å². The van der Waals surface area contributed by atoms with Crippen LogP contribution in [-0.4, -0.2) is 6.54 Å². The van der Waals surface area contributed by atoms with Crippen molar-refractivity contribution in [1.82, 2.24) is 5.32 Å². The molecule has 1 N–H and O–H groups in total. The standard InChI is InChI=1S/C14H20FN.ClH/c1-11(12-4-6-13(15)7-5-12)16-10-14(2)8-3-9-14;/h4-7,11,16H,3,8-10H2,1-2H3;1H. The highest BCUT2D eigenvalue weighted by Gasteiger charge is 2.31. The first kappa shape index (κ1) is 14.5. The molecule has 1 fully saturated rings. The fraction of sp³-hybridized carbons (Fsp3) is 0.571. The number of hydrogen-bond acceptors (Lipinski definition) is 1. The van der Waals surface area contributed by atoms with E-state index in [2.05, 4.69) is 19.2 Å². The molecule has 1 aromatic carbocycles. The number of hydrogen-bond donors (Lipinski definition) is 1. The summed E-state index contributed by atoms with van der Waals surface area (Å²) in [5.41, 5.74) is 1.65. The Kier molecular flexibility index (Phi) is 4.96. The van der Waals surface area contributed by atoms with Gasteiger partial charge in [-0.25, -0.2) is 4.39 Å². The van der Waals surface area contributed by atoms with Crippen molar-refractivity contribution in [2.24, 2.45) is 5.41 Å². The van der Waals surface area contributed by atoms with Crippen molar-refractivity contribution in [2.45, 2.75) is 39.2 Å². The van der Waals surface area contributed by atoms with Gasteiger partial charge in [-0.3, -0.25) is 0 Å². The maximum atomic E-state index is 12.8. The molecule has 0 aromatic heterocycles. The van der Waals surface area contributed by atoms with E-state index < -0.39 is 0 Å². The van der Waals surface area contributed by atoms with Gasteiger partial charge in [0.2, 0.25) is 0 Å². The average molecular weight is 258 g/mol. The molecule has 17 heavy (non-hydrogen) atoms. The molecule has 3 heteroatoms. The van der Waals surface area contributed by atoms with Gasteiger partial charge in [0.15, 0.2) is 0 Å². The van der Waals surface area contributed by atoms with Gasteiger partial charge in [0.1, 0.15) is 5.82 Å². The number of halogens is 2. The van der Waals surface area contributed by atoms with Crippen LogP contribution in [0.1, 0.15) is 44.7 Å². The van der Waals surface area contributed by atoms with Gasteiger partial charge in [0.25, 0.3) is 0 Å². The van der Waals surface area contributed by atoms with E-state index in [9.17, 15) is 4.39 Å². The molecule has 0 bridgehead atoms. The Morgan fingerprint density at radius 1 is 1.29 bits per heavy atom. The minimum absolute atomic E-state index is 0. The molecule has 1 aliphatic rings. The molecular weight excluding hydrogens is 237 g/mol. The maximum Gasteiger partial charge on any atom is 0.123 e. The van der Waals surface area contributed by atoms with E-state index in [0.29, 0.717) is 11.5 Å². The van der Waals surface area contributed by atoms with Crippen LogP contribution in [0.25, 0.3) is 0 Å². The van der Waals surface area contributed by atoms with Crippen LogP contribution < -0.4 is 5.32 Å². The quantitative estimate of drug-likeness (QED) is 0.857.